The van der Waals surface area contributed by atoms with Gasteiger partial charge in [-0.25, -0.2) is 0 Å². The summed E-state index contributed by atoms with van der Waals surface area (Å²) in [5.41, 5.74) is 1.02. The molecular formula is C20H34IN3O4. The van der Waals surface area contributed by atoms with E-state index in [0.717, 1.165) is 68.8 Å². The smallest absolute Gasteiger partial charge is 0.191 e. The number of nitrogens with zero attached hydrogens (tertiary/aromatic N) is 1. The molecule has 160 valence electrons. The minimum atomic E-state index is 0. The summed E-state index contributed by atoms with van der Waals surface area (Å²) < 4.78 is 21.9. The maximum Gasteiger partial charge on any atom is 0.191 e. The van der Waals surface area contributed by atoms with E-state index in [2.05, 4.69) is 22.5 Å². The van der Waals surface area contributed by atoms with E-state index in [1.807, 2.05) is 18.2 Å². The first-order valence-electron chi connectivity index (χ1n) is 9.52. The van der Waals surface area contributed by atoms with Crippen LogP contribution in [0.4, 0.5) is 0 Å². The van der Waals surface area contributed by atoms with Crippen LogP contribution in [0.3, 0.4) is 0 Å². The number of methoxy groups -OCH3 is 2. The van der Waals surface area contributed by atoms with Crippen LogP contribution in [0.25, 0.3) is 0 Å². The minimum Gasteiger partial charge on any atom is -0.497 e. The van der Waals surface area contributed by atoms with Gasteiger partial charge in [-0.15, -0.1) is 24.0 Å². The van der Waals surface area contributed by atoms with Crippen molar-refractivity contribution in [3.8, 4) is 11.5 Å². The molecule has 0 aliphatic carbocycles. The van der Waals surface area contributed by atoms with Gasteiger partial charge in [0.05, 0.1) is 33.5 Å². The lowest BCUT2D eigenvalue weighted by molar-refractivity contribution is 0.0888. The van der Waals surface area contributed by atoms with Crippen LogP contribution in [0.2, 0.25) is 0 Å². The van der Waals surface area contributed by atoms with Gasteiger partial charge in [-0.05, 0) is 38.0 Å². The van der Waals surface area contributed by atoms with Crippen LogP contribution in [-0.2, 0) is 9.47 Å². The van der Waals surface area contributed by atoms with Gasteiger partial charge < -0.3 is 29.6 Å². The molecule has 0 bridgehead atoms. The Bertz CT molecular complexity index is 595. The molecule has 1 aliphatic heterocycles. The number of guanidine groups is 1. The highest BCUT2D eigenvalue weighted by atomic mass is 127. The third-order valence-electron chi connectivity index (χ3n) is 4.62. The van der Waals surface area contributed by atoms with Crippen molar-refractivity contribution in [2.75, 3.05) is 54.2 Å². The zero-order valence-corrected chi connectivity index (χ0v) is 19.7. The first kappa shape index (κ1) is 24.8. The van der Waals surface area contributed by atoms with Gasteiger partial charge in [0.2, 0.25) is 0 Å². The Morgan fingerprint density at radius 3 is 2.79 bits per heavy atom. The molecule has 0 saturated carbocycles. The van der Waals surface area contributed by atoms with Gasteiger partial charge in [-0.3, -0.25) is 4.99 Å². The van der Waals surface area contributed by atoms with Crippen LogP contribution >= 0.6 is 24.0 Å². The van der Waals surface area contributed by atoms with E-state index in [4.69, 9.17) is 18.9 Å². The molecule has 0 spiro atoms. The average Bonchev–Trinajstić information content (AvgIpc) is 3.22. The first-order chi connectivity index (χ1) is 13.2. The number of hydrogen-bond acceptors (Lipinski definition) is 5. The summed E-state index contributed by atoms with van der Waals surface area (Å²) in [4.78, 5) is 4.30. The van der Waals surface area contributed by atoms with E-state index in [-0.39, 0.29) is 30.0 Å². The van der Waals surface area contributed by atoms with E-state index in [1.165, 1.54) is 0 Å². The molecule has 1 saturated heterocycles. The van der Waals surface area contributed by atoms with Gasteiger partial charge in [0.15, 0.2) is 5.96 Å². The second-order valence-corrected chi connectivity index (χ2v) is 6.63. The van der Waals surface area contributed by atoms with Crippen LogP contribution in [0.15, 0.2) is 23.2 Å². The van der Waals surface area contributed by atoms with Gasteiger partial charge in [0.1, 0.15) is 11.5 Å². The van der Waals surface area contributed by atoms with Crippen molar-refractivity contribution in [1.82, 2.24) is 10.6 Å². The zero-order chi connectivity index (χ0) is 19.5. The molecule has 2 unspecified atom stereocenters. The monoisotopic (exact) mass is 507 g/mol. The molecular weight excluding hydrogens is 473 g/mol. The molecule has 28 heavy (non-hydrogen) atoms. The largest absolute Gasteiger partial charge is 0.497 e. The normalized spacial score (nSPS) is 17.6. The first-order valence-corrected chi connectivity index (χ1v) is 9.52. The Kier molecular flexibility index (Phi) is 12.2. The number of halogens is 1. The van der Waals surface area contributed by atoms with Crippen molar-refractivity contribution in [3.63, 3.8) is 0 Å². The average molecular weight is 507 g/mol. The van der Waals surface area contributed by atoms with Crippen molar-refractivity contribution < 1.29 is 18.9 Å². The SMILES string of the molecule is CN=C(NCCCOCC1CCOC1)NC(C)c1cc(OC)ccc1OC.I. The number of aliphatic imine (C=N–C) groups is 1. The number of ether oxygens (including phenoxy) is 4. The predicted molar refractivity (Wildman–Crippen MR) is 122 cm³/mol. The van der Waals surface area contributed by atoms with E-state index in [9.17, 15) is 0 Å². The highest BCUT2D eigenvalue weighted by molar-refractivity contribution is 14.0. The molecule has 2 N–H and O–H groups in total. The molecule has 1 aromatic carbocycles. The van der Waals surface area contributed by atoms with E-state index >= 15 is 0 Å². The summed E-state index contributed by atoms with van der Waals surface area (Å²) in [5.74, 6) is 2.92. The molecule has 1 fully saturated rings. The van der Waals surface area contributed by atoms with Crippen molar-refractivity contribution in [1.29, 1.82) is 0 Å². The topological polar surface area (TPSA) is 73.3 Å². The third-order valence-corrected chi connectivity index (χ3v) is 4.62. The number of rotatable bonds is 10. The molecule has 0 aromatic heterocycles. The summed E-state index contributed by atoms with van der Waals surface area (Å²) in [5, 5.41) is 6.72. The van der Waals surface area contributed by atoms with Gasteiger partial charge in [-0.2, -0.15) is 0 Å². The highest BCUT2D eigenvalue weighted by Crippen LogP contribution is 2.29. The fourth-order valence-corrected chi connectivity index (χ4v) is 3.00. The quantitative estimate of drug-likeness (QED) is 0.220. The number of benzene rings is 1. The molecule has 2 rings (SSSR count). The van der Waals surface area contributed by atoms with Crippen LogP contribution in [-0.4, -0.2) is 60.2 Å². The molecule has 1 aliphatic rings. The van der Waals surface area contributed by atoms with Crippen molar-refractivity contribution in [2.45, 2.75) is 25.8 Å². The fraction of sp³-hybridized carbons (Fsp3) is 0.650. The lowest BCUT2D eigenvalue weighted by Crippen LogP contribution is -2.39. The van der Waals surface area contributed by atoms with E-state index < -0.39 is 0 Å². The Labute approximate surface area is 185 Å². The molecule has 0 radical (unpaired) electrons. The maximum atomic E-state index is 5.73. The third kappa shape index (κ3) is 8.00. The Hall–Kier alpha value is -1.26. The second-order valence-electron chi connectivity index (χ2n) is 6.63. The van der Waals surface area contributed by atoms with Gasteiger partial charge in [0.25, 0.3) is 0 Å². The Morgan fingerprint density at radius 1 is 1.32 bits per heavy atom. The number of hydrogen-bond donors (Lipinski definition) is 2. The van der Waals surface area contributed by atoms with Crippen molar-refractivity contribution in [2.24, 2.45) is 10.9 Å². The molecule has 0 amide bonds. The summed E-state index contributed by atoms with van der Waals surface area (Å²) in [6.07, 6.45) is 2.03. The van der Waals surface area contributed by atoms with E-state index in [0.29, 0.717) is 5.92 Å². The minimum absolute atomic E-state index is 0. The van der Waals surface area contributed by atoms with Crippen LogP contribution in [0, 0.1) is 5.92 Å². The summed E-state index contributed by atoms with van der Waals surface area (Å²) >= 11 is 0. The molecule has 2 atom stereocenters. The van der Waals surface area contributed by atoms with E-state index in [1.54, 1.807) is 21.3 Å². The fourth-order valence-electron chi connectivity index (χ4n) is 3.00. The Balaban J connectivity index is 0.00000392. The lowest BCUT2D eigenvalue weighted by atomic mass is 10.1. The standard InChI is InChI=1S/C20H33N3O4.HI/c1-15(18-12-17(24-3)6-7-19(18)25-4)23-20(21-2)22-9-5-10-26-13-16-8-11-27-14-16;/h6-7,12,15-16H,5,8-11,13-14H2,1-4H3,(H2,21,22,23);1H. The highest BCUT2D eigenvalue weighted by Gasteiger charge is 2.16. The van der Waals surface area contributed by atoms with Gasteiger partial charge >= 0.3 is 0 Å². The van der Waals surface area contributed by atoms with Crippen LogP contribution < -0.4 is 20.1 Å². The van der Waals surface area contributed by atoms with Crippen molar-refractivity contribution >= 4 is 29.9 Å². The summed E-state index contributed by atoms with van der Waals surface area (Å²) in [7, 11) is 5.09. The number of nitrogens with one attached hydrogen (secondary N) is 2. The molecule has 1 heterocycles. The van der Waals surface area contributed by atoms with Gasteiger partial charge in [-0.1, -0.05) is 0 Å². The molecule has 1 aromatic rings. The second kappa shape index (κ2) is 13.8. The molecule has 7 nitrogen and oxygen atoms in total. The summed E-state index contributed by atoms with van der Waals surface area (Å²) in [6, 6.07) is 5.79. The maximum absolute atomic E-state index is 5.73. The molecule has 8 heteroatoms. The zero-order valence-electron chi connectivity index (χ0n) is 17.3. The summed E-state index contributed by atoms with van der Waals surface area (Å²) in [6.45, 7) is 6.09. The van der Waals surface area contributed by atoms with Crippen LogP contribution in [0.5, 0.6) is 11.5 Å². The Morgan fingerprint density at radius 2 is 2.14 bits per heavy atom. The van der Waals surface area contributed by atoms with Gasteiger partial charge in [0, 0.05) is 38.3 Å². The van der Waals surface area contributed by atoms with Crippen LogP contribution in [0.1, 0.15) is 31.4 Å². The van der Waals surface area contributed by atoms with Crippen molar-refractivity contribution in [3.05, 3.63) is 23.8 Å². The predicted octanol–water partition coefficient (Wildman–Crippen LogP) is 2.99. The lowest BCUT2D eigenvalue weighted by Gasteiger charge is -2.21.